The molecule has 5 nitrogen and oxygen atoms in total. The normalized spacial score (nSPS) is 18.5. The van der Waals surface area contributed by atoms with Gasteiger partial charge in [-0.2, -0.15) is 0 Å². The Morgan fingerprint density at radius 2 is 2.16 bits per heavy atom. The lowest BCUT2D eigenvalue weighted by molar-refractivity contribution is -0.144. The van der Waals surface area contributed by atoms with E-state index in [1.165, 1.54) is 7.11 Å². The molecule has 1 atom stereocenters. The molecule has 1 aliphatic rings. The van der Waals surface area contributed by atoms with Gasteiger partial charge in [0.2, 0.25) is 0 Å². The Morgan fingerprint density at radius 1 is 1.47 bits per heavy atom. The maximum Gasteiger partial charge on any atom is 0.316 e. The van der Waals surface area contributed by atoms with Gasteiger partial charge in [-0.25, -0.2) is 0 Å². The molecule has 1 saturated heterocycles. The van der Waals surface area contributed by atoms with Crippen molar-refractivity contribution in [3.05, 3.63) is 17.5 Å². The molecule has 0 saturated carbocycles. The minimum atomic E-state index is -0.368. The van der Waals surface area contributed by atoms with Gasteiger partial charge in [-0.15, -0.1) is 0 Å². The second-order valence-corrected chi connectivity index (χ2v) is 5.42. The molecular formula is C14H22N2O3. The van der Waals surface area contributed by atoms with Crippen molar-refractivity contribution in [1.29, 1.82) is 0 Å². The lowest BCUT2D eigenvalue weighted by atomic mass is 9.90. The van der Waals surface area contributed by atoms with E-state index in [0.29, 0.717) is 11.7 Å². The smallest absolute Gasteiger partial charge is 0.316 e. The van der Waals surface area contributed by atoms with Crippen LogP contribution >= 0.6 is 0 Å². The molecule has 0 radical (unpaired) electrons. The van der Waals surface area contributed by atoms with Gasteiger partial charge in [0.15, 0.2) is 5.76 Å². The number of hydrogen-bond acceptors (Lipinski definition) is 5. The van der Waals surface area contributed by atoms with Crippen LogP contribution in [-0.2, 0) is 9.53 Å². The summed E-state index contributed by atoms with van der Waals surface area (Å²) in [5.74, 6) is 0.553. The van der Waals surface area contributed by atoms with E-state index in [4.69, 9.17) is 9.26 Å². The number of nitrogens with one attached hydrogen (secondary N) is 1. The Kier molecular flexibility index (Phi) is 4.58. The highest BCUT2D eigenvalue weighted by Crippen LogP contribution is 2.30. The monoisotopic (exact) mass is 266 g/mol. The fourth-order valence-electron chi connectivity index (χ4n) is 2.60. The summed E-state index contributed by atoms with van der Waals surface area (Å²) < 4.78 is 10.2. The lowest BCUT2D eigenvalue weighted by Gasteiger charge is -2.20. The molecule has 106 valence electrons. The molecule has 1 fully saturated rings. The summed E-state index contributed by atoms with van der Waals surface area (Å²) in [6.07, 6.45) is 2.13. The van der Waals surface area contributed by atoms with Crippen LogP contribution in [0.1, 0.15) is 50.0 Å². The molecule has 5 heteroatoms. The van der Waals surface area contributed by atoms with Crippen LogP contribution in [0.15, 0.2) is 10.6 Å². The number of aromatic nitrogens is 1. The minimum Gasteiger partial charge on any atom is -0.468 e. The molecule has 1 N–H and O–H groups in total. The molecular weight excluding hydrogens is 244 g/mol. The van der Waals surface area contributed by atoms with Gasteiger partial charge in [-0.3, -0.25) is 4.79 Å². The number of rotatable bonds is 4. The third-order valence-electron chi connectivity index (χ3n) is 3.73. The van der Waals surface area contributed by atoms with Gasteiger partial charge < -0.3 is 14.6 Å². The molecule has 19 heavy (non-hydrogen) atoms. The number of nitrogens with zero attached hydrogens (tertiary/aromatic N) is 1. The third-order valence-corrected chi connectivity index (χ3v) is 3.73. The van der Waals surface area contributed by atoms with Crippen LogP contribution in [0.5, 0.6) is 0 Å². The number of piperidine rings is 1. The van der Waals surface area contributed by atoms with E-state index in [1.54, 1.807) is 0 Å². The van der Waals surface area contributed by atoms with Gasteiger partial charge in [0.05, 0.1) is 12.8 Å². The average molecular weight is 266 g/mol. The fourth-order valence-corrected chi connectivity index (χ4v) is 2.60. The van der Waals surface area contributed by atoms with Crippen LogP contribution in [0.25, 0.3) is 0 Å². The highest BCUT2D eigenvalue weighted by Gasteiger charge is 2.30. The molecule has 2 heterocycles. The predicted octanol–water partition coefficient (Wildman–Crippen LogP) is 2.05. The average Bonchev–Trinajstić information content (AvgIpc) is 2.88. The highest BCUT2D eigenvalue weighted by molar-refractivity contribution is 5.77. The van der Waals surface area contributed by atoms with Gasteiger partial charge in [-0.1, -0.05) is 19.0 Å². The summed E-state index contributed by atoms with van der Waals surface area (Å²) in [6.45, 7) is 5.98. The summed E-state index contributed by atoms with van der Waals surface area (Å²) in [5, 5.41) is 7.48. The van der Waals surface area contributed by atoms with E-state index in [-0.39, 0.29) is 17.8 Å². The van der Waals surface area contributed by atoms with Crippen molar-refractivity contribution in [2.24, 2.45) is 5.92 Å². The molecule has 0 aromatic carbocycles. The van der Waals surface area contributed by atoms with Crippen molar-refractivity contribution in [1.82, 2.24) is 10.5 Å². The number of carbonyl (C=O) groups is 1. The number of ether oxygens (including phenoxy) is 1. The predicted molar refractivity (Wildman–Crippen MR) is 70.9 cm³/mol. The maximum absolute atomic E-state index is 11.8. The van der Waals surface area contributed by atoms with Crippen molar-refractivity contribution in [2.75, 3.05) is 20.2 Å². The van der Waals surface area contributed by atoms with Crippen molar-refractivity contribution in [3.63, 3.8) is 0 Å². The van der Waals surface area contributed by atoms with Gasteiger partial charge >= 0.3 is 5.97 Å². The first kappa shape index (κ1) is 14.1. The van der Waals surface area contributed by atoms with Crippen molar-refractivity contribution < 1.29 is 14.1 Å². The molecule has 0 aliphatic carbocycles. The maximum atomic E-state index is 11.8. The Balaban J connectivity index is 2.15. The van der Waals surface area contributed by atoms with Gasteiger partial charge in [0.1, 0.15) is 5.92 Å². The van der Waals surface area contributed by atoms with E-state index in [0.717, 1.165) is 31.6 Å². The summed E-state index contributed by atoms with van der Waals surface area (Å²) in [4.78, 5) is 11.8. The zero-order valence-corrected chi connectivity index (χ0v) is 11.8. The fraction of sp³-hybridized carbons (Fsp3) is 0.714. The van der Waals surface area contributed by atoms with Gasteiger partial charge in [0.25, 0.3) is 0 Å². The first-order valence-corrected chi connectivity index (χ1v) is 6.88. The summed E-state index contributed by atoms with van der Waals surface area (Å²) in [5.41, 5.74) is 0.964. The molecule has 1 aliphatic heterocycles. The van der Waals surface area contributed by atoms with E-state index >= 15 is 0 Å². The zero-order valence-electron chi connectivity index (χ0n) is 11.8. The topological polar surface area (TPSA) is 64.4 Å². The third kappa shape index (κ3) is 3.15. The molecule has 2 rings (SSSR count). The Morgan fingerprint density at radius 3 is 2.74 bits per heavy atom. The quantitative estimate of drug-likeness (QED) is 0.845. The molecule has 0 bridgehead atoms. The second kappa shape index (κ2) is 6.19. The largest absolute Gasteiger partial charge is 0.468 e. The van der Waals surface area contributed by atoms with E-state index in [9.17, 15) is 4.79 Å². The SMILES string of the molecule is COC(=O)C(c1cc(C2CCNCC2)no1)C(C)C. The van der Waals surface area contributed by atoms with E-state index < -0.39 is 0 Å². The Bertz CT molecular complexity index is 422. The first-order chi connectivity index (χ1) is 9.13. The number of carbonyl (C=O) groups excluding carboxylic acids is 1. The Labute approximate surface area is 113 Å². The van der Waals surface area contributed by atoms with E-state index in [1.807, 2.05) is 19.9 Å². The zero-order chi connectivity index (χ0) is 13.8. The first-order valence-electron chi connectivity index (χ1n) is 6.88. The molecule has 1 aromatic heterocycles. The van der Waals surface area contributed by atoms with Crippen LogP contribution in [0.4, 0.5) is 0 Å². The van der Waals surface area contributed by atoms with Crippen LogP contribution in [0.3, 0.4) is 0 Å². The van der Waals surface area contributed by atoms with Gasteiger partial charge in [0, 0.05) is 12.0 Å². The second-order valence-electron chi connectivity index (χ2n) is 5.42. The summed E-state index contributed by atoms with van der Waals surface area (Å²) in [7, 11) is 1.40. The lowest BCUT2D eigenvalue weighted by Crippen LogP contribution is -2.26. The Hall–Kier alpha value is -1.36. The van der Waals surface area contributed by atoms with Crippen LogP contribution in [0.2, 0.25) is 0 Å². The number of hydrogen-bond donors (Lipinski definition) is 1. The standard InChI is InChI=1S/C14H22N2O3/c1-9(2)13(14(17)18-3)12-8-11(16-19-12)10-4-6-15-7-5-10/h8-10,13,15H,4-7H2,1-3H3. The van der Waals surface area contributed by atoms with Gasteiger partial charge in [-0.05, 0) is 31.8 Å². The highest BCUT2D eigenvalue weighted by atomic mass is 16.5. The molecule has 0 amide bonds. The molecule has 0 spiro atoms. The van der Waals surface area contributed by atoms with E-state index in [2.05, 4.69) is 10.5 Å². The minimum absolute atomic E-state index is 0.126. The van der Waals surface area contributed by atoms with Crippen LogP contribution in [-0.4, -0.2) is 31.3 Å². The van der Waals surface area contributed by atoms with Crippen LogP contribution < -0.4 is 5.32 Å². The molecule has 1 aromatic rings. The number of methoxy groups -OCH3 is 1. The summed E-state index contributed by atoms with van der Waals surface area (Å²) >= 11 is 0. The summed E-state index contributed by atoms with van der Waals surface area (Å²) in [6, 6.07) is 1.93. The van der Waals surface area contributed by atoms with Crippen molar-refractivity contribution >= 4 is 5.97 Å². The van der Waals surface area contributed by atoms with Crippen molar-refractivity contribution in [2.45, 2.75) is 38.5 Å². The van der Waals surface area contributed by atoms with Crippen molar-refractivity contribution in [3.8, 4) is 0 Å². The number of esters is 1. The van der Waals surface area contributed by atoms with Crippen LogP contribution in [0, 0.1) is 5.92 Å². The molecule has 1 unspecified atom stereocenters.